The maximum atomic E-state index is 12.4. The van der Waals surface area contributed by atoms with Crippen molar-refractivity contribution in [2.24, 2.45) is 5.92 Å². The van der Waals surface area contributed by atoms with Crippen molar-refractivity contribution >= 4 is 5.91 Å². The maximum Gasteiger partial charge on any atom is 0.226 e. The second kappa shape index (κ2) is 5.67. The van der Waals surface area contributed by atoms with Gasteiger partial charge in [0.05, 0.1) is 5.92 Å². The van der Waals surface area contributed by atoms with E-state index in [0.717, 1.165) is 32.6 Å². The first-order valence-electron chi connectivity index (χ1n) is 6.75. The Kier molecular flexibility index (Phi) is 4.22. The molecule has 2 heterocycles. The molecule has 0 radical (unpaired) electrons. The third-order valence-electron chi connectivity index (χ3n) is 3.89. The molecule has 2 fully saturated rings. The van der Waals surface area contributed by atoms with E-state index in [0.29, 0.717) is 5.91 Å². The number of rotatable bonds is 1. The molecule has 1 amide bonds. The van der Waals surface area contributed by atoms with Crippen LogP contribution in [0.1, 0.15) is 38.5 Å². The Morgan fingerprint density at radius 2 is 1.69 bits per heavy atom. The SMILES string of the molecule is CN1CCC[C@H](C(=O)N2CCCCCC2)C1. The predicted octanol–water partition coefficient (Wildman–Crippen LogP) is 1.73. The van der Waals surface area contributed by atoms with Gasteiger partial charge in [-0.05, 0) is 39.3 Å². The molecule has 0 saturated carbocycles. The molecule has 92 valence electrons. The van der Waals surface area contributed by atoms with E-state index in [9.17, 15) is 4.79 Å². The van der Waals surface area contributed by atoms with Crippen LogP contribution in [0.2, 0.25) is 0 Å². The topological polar surface area (TPSA) is 23.6 Å². The van der Waals surface area contributed by atoms with Crippen molar-refractivity contribution in [2.75, 3.05) is 33.2 Å². The molecule has 3 heteroatoms. The van der Waals surface area contributed by atoms with Crippen LogP contribution in [0.5, 0.6) is 0 Å². The van der Waals surface area contributed by atoms with Crippen LogP contribution in [0, 0.1) is 5.92 Å². The summed E-state index contributed by atoms with van der Waals surface area (Å²) in [5, 5.41) is 0. The van der Waals surface area contributed by atoms with Crippen LogP contribution in [0.3, 0.4) is 0 Å². The summed E-state index contributed by atoms with van der Waals surface area (Å²) in [5.41, 5.74) is 0. The molecule has 2 aliphatic rings. The van der Waals surface area contributed by atoms with Crippen molar-refractivity contribution in [1.82, 2.24) is 9.80 Å². The number of carbonyl (C=O) groups excluding carboxylic acids is 1. The summed E-state index contributed by atoms with van der Waals surface area (Å²) < 4.78 is 0. The molecule has 0 spiro atoms. The van der Waals surface area contributed by atoms with Gasteiger partial charge >= 0.3 is 0 Å². The molecule has 2 rings (SSSR count). The Balaban J connectivity index is 1.89. The zero-order chi connectivity index (χ0) is 11.4. The van der Waals surface area contributed by atoms with Gasteiger partial charge in [-0.15, -0.1) is 0 Å². The van der Waals surface area contributed by atoms with Crippen molar-refractivity contribution in [3.8, 4) is 0 Å². The van der Waals surface area contributed by atoms with E-state index in [1.807, 2.05) is 0 Å². The molecule has 0 bridgehead atoms. The quantitative estimate of drug-likeness (QED) is 0.677. The zero-order valence-corrected chi connectivity index (χ0v) is 10.5. The van der Waals surface area contributed by atoms with Gasteiger partial charge in [-0.3, -0.25) is 4.79 Å². The molecule has 0 N–H and O–H groups in total. The van der Waals surface area contributed by atoms with Crippen LogP contribution in [-0.4, -0.2) is 48.9 Å². The molecule has 2 saturated heterocycles. The Morgan fingerprint density at radius 3 is 2.31 bits per heavy atom. The van der Waals surface area contributed by atoms with Gasteiger partial charge in [0.2, 0.25) is 5.91 Å². The van der Waals surface area contributed by atoms with Crippen molar-refractivity contribution in [2.45, 2.75) is 38.5 Å². The van der Waals surface area contributed by atoms with Crippen molar-refractivity contribution < 1.29 is 4.79 Å². The van der Waals surface area contributed by atoms with Crippen LogP contribution in [0.15, 0.2) is 0 Å². The molecular weight excluding hydrogens is 200 g/mol. The van der Waals surface area contributed by atoms with Crippen molar-refractivity contribution in [1.29, 1.82) is 0 Å². The summed E-state index contributed by atoms with van der Waals surface area (Å²) in [4.78, 5) is 16.8. The van der Waals surface area contributed by atoms with E-state index in [-0.39, 0.29) is 5.92 Å². The maximum absolute atomic E-state index is 12.4. The lowest BCUT2D eigenvalue weighted by Gasteiger charge is -2.32. The minimum atomic E-state index is 0.275. The van der Waals surface area contributed by atoms with Gasteiger partial charge in [0.25, 0.3) is 0 Å². The summed E-state index contributed by atoms with van der Waals surface area (Å²) in [6.45, 7) is 4.12. The van der Waals surface area contributed by atoms with Gasteiger partial charge < -0.3 is 9.80 Å². The molecule has 0 unspecified atom stereocenters. The smallest absolute Gasteiger partial charge is 0.226 e. The lowest BCUT2D eigenvalue weighted by molar-refractivity contribution is -0.137. The highest BCUT2D eigenvalue weighted by atomic mass is 16.2. The second-order valence-corrected chi connectivity index (χ2v) is 5.34. The summed E-state index contributed by atoms with van der Waals surface area (Å²) in [6.07, 6.45) is 7.28. The van der Waals surface area contributed by atoms with Crippen LogP contribution < -0.4 is 0 Å². The number of nitrogens with zero attached hydrogens (tertiary/aromatic N) is 2. The molecule has 1 atom stereocenters. The monoisotopic (exact) mass is 224 g/mol. The van der Waals surface area contributed by atoms with Gasteiger partial charge in [0.15, 0.2) is 0 Å². The average Bonchev–Trinajstić information content (AvgIpc) is 2.56. The van der Waals surface area contributed by atoms with Crippen molar-refractivity contribution in [3.63, 3.8) is 0 Å². The molecule has 0 aliphatic carbocycles. The number of hydrogen-bond donors (Lipinski definition) is 0. The zero-order valence-electron chi connectivity index (χ0n) is 10.5. The first kappa shape index (κ1) is 11.9. The lowest BCUT2D eigenvalue weighted by Crippen LogP contribution is -2.43. The first-order chi connectivity index (χ1) is 7.77. The summed E-state index contributed by atoms with van der Waals surface area (Å²) >= 11 is 0. The van der Waals surface area contributed by atoms with E-state index in [1.54, 1.807) is 0 Å². The highest BCUT2D eigenvalue weighted by Crippen LogP contribution is 2.19. The Hall–Kier alpha value is -0.570. The van der Waals surface area contributed by atoms with Crippen LogP contribution in [0.25, 0.3) is 0 Å². The van der Waals surface area contributed by atoms with Gasteiger partial charge in [-0.1, -0.05) is 12.8 Å². The van der Waals surface area contributed by atoms with E-state index in [1.165, 1.54) is 32.1 Å². The van der Waals surface area contributed by atoms with Gasteiger partial charge in [0, 0.05) is 19.6 Å². The Bertz CT molecular complexity index is 230. The summed E-state index contributed by atoms with van der Waals surface area (Å²) in [7, 11) is 2.13. The third-order valence-corrected chi connectivity index (χ3v) is 3.89. The minimum Gasteiger partial charge on any atom is -0.342 e. The third kappa shape index (κ3) is 2.97. The molecule has 0 aromatic carbocycles. The average molecular weight is 224 g/mol. The molecular formula is C13H24N2O. The van der Waals surface area contributed by atoms with E-state index < -0.39 is 0 Å². The highest BCUT2D eigenvalue weighted by Gasteiger charge is 2.27. The highest BCUT2D eigenvalue weighted by molar-refractivity contribution is 5.79. The van der Waals surface area contributed by atoms with Crippen LogP contribution in [0.4, 0.5) is 0 Å². The summed E-state index contributed by atoms with van der Waals surface area (Å²) in [6, 6.07) is 0. The van der Waals surface area contributed by atoms with Gasteiger partial charge in [-0.2, -0.15) is 0 Å². The number of likely N-dealkylation sites (tertiary alicyclic amines) is 2. The fourth-order valence-corrected chi connectivity index (χ4v) is 2.92. The largest absolute Gasteiger partial charge is 0.342 e. The Labute approximate surface area is 98.8 Å². The minimum absolute atomic E-state index is 0.275. The van der Waals surface area contributed by atoms with E-state index in [2.05, 4.69) is 16.8 Å². The van der Waals surface area contributed by atoms with Gasteiger partial charge in [-0.25, -0.2) is 0 Å². The first-order valence-corrected chi connectivity index (χ1v) is 6.75. The normalized spacial score (nSPS) is 28.8. The molecule has 0 aromatic rings. The predicted molar refractivity (Wildman–Crippen MR) is 65.3 cm³/mol. The second-order valence-electron chi connectivity index (χ2n) is 5.34. The van der Waals surface area contributed by atoms with Crippen molar-refractivity contribution in [3.05, 3.63) is 0 Å². The van der Waals surface area contributed by atoms with Crippen LogP contribution >= 0.6 is 0 Å². The number of piperidine rings is 1. The van der Waals surface area contributed by atoms with Gasteiger partial charge in [0.1, 0.15) is 0 Å². The molecule has 3 nitrogen and oxygen atoms in total. The number of carbonyl (C=O) groups is 1. The fraction of sp³-hybridized carbons (Fsp3) is 0.923. The van der Waals surface area contributed by atoms with E-state index >= 15 is 0 Å². The lowest BCUT2D eigenvalue weighted by atomic mass is 9.97. The summed E-state index contributed by atoms with van der Waals surface area (Å²) in [5.74, 6) is 0.699. The van der Waals surface area contributed by atoms with Crippen LogP contribution in [-0.2, 0) is 4.79 Å². The Morgan fingerprint density at radius 1 is 1.00 bits per heavy atom. The van der Waals surface area contributed by atoms with E-state index in [4.69, 9.17) is 0 Å². The number of hydrogen-bond acceptors (Lipinski definition) is 2. The molecule has 16 heavy (non-hydrogen) atoms. The fourth-order valence-electron chi connectivity index (χ4n) is 2.92. The number of amides is 1. The molecule has 0 aromatic heterocycles. The standard InChI is InChI=1S/C13H24N2O/c1-14-8-6-7-12(11-14)13(16)15-9-4-2-3-5-10-15/h12H,2-11H2,1H3/t12-/m0/s1. The molecule has 2 aliphatic heterocycles.